The van der Waals surface area contributed by atoms with Crippen molar-refractivity contribution in [2.45, 2.75) is 0 Å². The first-order valence-electron chi connectivity index (χ1n) is 17.8. The molecule has 0 saturated heterocycles. The molecule has 4 nitrogen and oxygen atoms in total. The van der Waals surface area contributed by atoms with Crippen molar-refractivity contribution in [2.75, 3.05) is 4.90 Å². The molecular formula is C48H30FN3O. The highest BCUT2D eigenvalue weighted by Crippen LogP contribution is 2.48. The molecule has 0 saturated carbocycles. The highest BCUT2D eigenvalue weighted by Gasteiger charge is 2.25. The Bertz CT molecular complexity index is 3210. The van der Waals surface area contributed by atoms with Gasteiger partial charge in [0.05, 0.1) is 33.4 Å². The van der Waals surface area contributed by atoms with E-state index in [4.69, 9.17) is 4.42 Å². The van der Waals surface area contributed by atoms with Gasteiger partial charge in [-0.3, -0.25) is 0 Å². The van der Waals surface area contributed by atoms with Crippen LogP contribution in [0.3, 0.4) is 0 Å². The molecule has 5 heteroatoms. The monoisotopic (exact) mass is 683 g/mol. The van der Waals surface area contributed by atoms with Gasteiger partial charge in [-0.15, -0.1) is 0 Å². The zero-order valence-corrected chi connectivity index (χ0v) is 28.4. The van der Waals surface area contributed by atoms with Crippen molar-refractivity contribution >= 4 is 82.6 Å². The lowest BCUT2D eigenvalue weighted by Crippen LogP contribution is -2.12. The predicted octanol–water partition coefficient (Wildman–Crippen LogP) is 13.4. The Morgan fingerprint density at radius 1 is 0.415 bits per heavy atom. The minimum absolute atomic E-state index is 0.281. The summed E-state index contributed by atoms with van der Waals surface area (Å²) in [6.07, 6.45) is 0. The van der Waals surface area contributed by atoms with Crippen LogP contribution in [0.5, 0.6) is 0 Å². The predicted molar refractivity (Wildman–Crippen MR) is 217 cm³/mol. The van der Waals surface area contributed by atoms with Crippen molar-refractivity contribution in [3.8, 4) is 11.4 Å². The fourth-order valence-electron chi connectivity index (χ4n) is 8.37. The summed E-state index contributed by atoms with van der Waals surface area (Å²) < 4.78 is 26.1. The smallest absolute Gasteiger partial charge is 0.137 e. The first-order valence-corrected chi connectivity index (χ1v) is 17.8. The molecule has 0 atom stereocenters. The van der Waals surface area contributed by atoms with Crippen LogP contribution in [-0.4, -0.2) is 9.13 Å². The lowest BCUT2D eigenvalue weighted by atomic mass is 10.1. The number of para-hydroxylation sites is 5. The normalized spacial score (nSPS) is 11.9. The number of hydrogen-bond donors (Lipinski definition) is 0. The standard InChI is InChI=1S/C48H30FN3O/c49-31-13-10-16-33(29-31)52-40-21-7-4-17-35(40)38-20-11-25-44(48(38)52)51(34-27-28-37-36-18-6-9-26-45(36)53-46(37)30-34)43-24-12-23-42-47(43)39-19-5-8-22-41(39)50(42)32-14-2-1-3-15-32/h1-30H. The molecule has 8 aromatic carbocycles. The van der Waals surface area contributed by atoms with E-state index < -0.39 is 0 Å². The van der Waals surface area contributed by atoms with Crippen LogP contribution < -0.4 is 4.90 Å². The molecular weight excluding hydrogens is 654 g/mol. The number of aromatic nitrogens is 2. The fourth-order valence-corrected chi connectivity index (χ4v) is 8.37. The van der Waals surface area contributed by atoms with Gasteiger partial charge in [-0.05, 0) is 78.9 Å². The van der Waals surface area contributed by atoms with E-state index in [1.165, 1.54) is 6.07 Å². The maximum absolute atomic E-state index is 15.0. The molecule has 11 rings (SSSR count). The zero-order valence-electron chi connectivity index (χ0n) is 28.4. The van der Waals surface area contributed by atoms with Crippen LogP contribution in [0.1, 0.15) is 0 Å². The van der Waals surface area contributed by atoms with Crippen LogP contribution in [0.25, 0.3) is 76.9 Å². The molecule has 11 aromatic rings. The summed E-state index contributed by atoms with van der Waals surface area (Å²) in [6.45, 7) is 0. The van der Waals surface area contributed by atoms with E-state index in [2.05, 4.69) is 147 Å². The number of halogens is 1. The van der Waals surface area contributed by atoms with Crippen molar-refractivity contribution < 1.29 is 8.81 Å². The van der Waals surface area contributed by atoms with Gasteiger partial charge in [-0.1, -0.05) is 97.1 Å². The molecule has 0 aliphatic heterocycles. The number of rotatable bonds is 5. The average molecular weight is 684 g/mol. The largest absolute Gasteiger partial charge is 0.456 e. The third kappa shape index (κ3) is 4.41. The number of benzene rings is 8. The Kier molecular flexibility index (Phi) is 6.40. The van der Waals surface area contributed by atoms with Gasteiger partial charge < -0.3 is 18.5 Å². The summed E-state index contributed by atoms with van der Waals surface area (Å²) in [5.74, 6) is -0.281. The topological polar surface area (TPSA) is 26.2 Å². The Morgan fingerprint density at radius 3 is 1.89 bits per heavy atom. The van der Waals surface area contributed by atoms with Gasteiger partial charge in [-0.25, -0.2) is 4.39 Å². The number of nitrogens with zero attached hydrogens (tertiary/aromatic N) is 3. The number of hydrogen-bond acceptors (Lipinski definition) is 2. The van der Waals surface area contributed by atoms with E-state index in [0.717, 1.165) is 94.0 Å². The van der Waals surface area contributed by atoms with Crippen LogP contribution in [-0.2, 0) is 0 Å². The summed E-state index contributed by atoms with van der Waals surface area (Å²) in [5.41, 5.74) is 10.7. The van der Waals surface area contributed by atoms with Crippen molar-refractivity contribution in [3.63, 3.8) is 0 Å². The third-order valence-electron chi connectivity index (χ3n) is 10.5. The Hall–Kier alpha value is -7.11. The molecule has 3 aromatic heterocycles. The lowest BCUT2D eigenvalue weighted by molar-refractivity contribution is 0.627. The minimum atomic E-state index is -0.281. The van der Waals surface area contributed by atoms with Crippen LogP contribution in [0.15, 0.2) is 186 Å². The van der Waals surface area contributed by atoms with Crippen molar-refractivity contribution in [1.82, 2.24) is 9.13 Å². The number of anilines is 3. The van der Waals surface area contributed by atoms with E-state index in [0.29, 0.717) is 0 Å². The summed E-state index contributed by atoms with van der Waals surface area (Å²) in [4.78, 5) is 2.35. The molecule has 0 N–H and O–H groups in total. The minimum Gasteiger partial charge on any atom is -0.456 e. The highest BCUT2D eigenvalue weighted by molar-refractivity contribution is 6.20. The molecule has 3 heterocycles. The van der Waals surface area contributed by atoms with Crippen LogP contribution in [0.4, 0.5) is 21.5 Å². The van der Waals surface area contributed by atoms with Gasteiger partial charge >= 0.3 is 0 Å². The van der Waals surface area contributed by atoms with E-state index in [1.54, 1.807) is 12.1 Å². The molecule has 0 aliphatic carbocycles. The van der Waals surface area contributed by atoms with Crippen LogP contribution in [0.2, 0.25) is 0 Å². The molecule has 0 unspecified atom stereocenters. The first-order chi connectivity index (χ1) is 26.2. The van der Waals surface area contributed by atoms with Gasteiger partial charge in [0, 0.05) is 55.4 Å². The SMILES string of the molecule is Fc1cccc(-n2c3ccccc3c3cccc(N(c4ccc5c(c4)oc4ccccc45)c4cccc5c4c4ccccc4n5-c4ccccc4)c32)c1. The number of furan rings is 1. The van der Waals surface area contributed by atoms with E-state index in [-0.39, 0.29) is 5.82 Å². The maximum Gasteiger partial charge on any atom is 0.137 e. The summed E-state index contributed by atoms with van der Waals surface area (Å²) >= 11 is 0. The van der Waals surface area contributed by atoms with Crippen molar-refractivity contribution in [3.05, 3.63) is 188 Å². The second-order valence-corrected chi connectivity index (χ2v) is 13.5. The summed E-state index contributed by atoms with van der Waals surface area (Å²) in [5, 5.41) is 6.60. The third-order valence-corrected chi connectivity index (χ3v) is 10.5. The van der Waals surface area contributed by atoms with Gasteiger partial charge in [0.15, 0.2) is 0 Å². The van der Waals surface area contributed by atoms with Crippen molar-refractivity contribution in [1.29, 1.82) is 0 Å². The van der Waals surface area contributed by atoms with Gasteiger partial charge in [0.2, 0.25) is 0 Å². The van der Waals surface area contributed by atoms with E-state index >= 15 is 4.39 Å². The Morgan fingerprint density at radius 2 is 1.04 bits per heavy atom. The molecule has 0 bridgehead atoms. The second kappa shape index (κ2) is 11.5. The molecule has 0 aliphatic rings. The molecule has 0 radical (unpaired) electrons. The van der Waals surface area contributed by atoms with Gasteiger partial charge in [-0.2, -0.15) is 0 Å². The molecule has 250 valence electrons. The van der Waals surface area contributed by atoms with Gasteiger partial charge in [0.25, 0.3) is 0 Å². The zero-order chi connectivity index (χ0) is 35.0. The van der Waals surface area contributed by atoms with E-state index in [1.807, 2.05) is 30.3 Å². The lowest BCUT2D eigenvalue weighted by Gasteiger charge is -2.28. The van der Waals surface area contributed by atoms with Crippen molar-refractivity contribution in [2.24, 2.45) is 0 Å². The quantitative estimate of drug-likeness (QED) is 0.180. The highest BCUT2D eigenvalue weighted by atomic mass is 19.1. The van der Waals surface area contributed by atoms with Crippen LogP contribution in [0, 0.1) is 5.82 Å². The van der Waals surface area contributed by atoms with Gasteiger partial charge in [0.1, 0.15) is 17.0 Å². The maximum atomic E-state index is 15.0. The Labute approximate surface area is 303 Å². The number of fused-ring (bicyclic) bond motifs is 9. The Balaban J connectivity index is 1.29. The molecule has 0 amide bonds. The molecule has 0 fully saturated rings. The fraction of sp³-hybridized carbons (Fsp3) is 0. The first kappa shape index (κ1) is 29.6. The second-order valence-electron chi connectivity index (χ2n) is 13.5. The summed E-state index contributed by atoms with van der Waals surface area (Å²) in [6, 6.07) is 62.1. The van der Waals surface area contributed by atoms with E-state index in [9.17, 15) is 0 Å². The molecule has 53 heavy (non-hydrogen) atoms. The molecule has 0 spiro atoms. The summed E-state index contributed by atoms with van der Waals surface area (Å²) in [7, 11) is 0. The average Bonchev–Trinajstić information content (AvgIpc) is 3.86. The van der Waals surface area contributed by atoms with Crippen LogP contribution >= 0.6 is 0 Å².